The molecule has 1 aromatic carbocycles. The third-order valence-electron chi connectivity index (χ3n) is 3.56. The van der Waals surface area contributed by atoms with Crippen molar-refractivity contribution in [2.24, 2.45) is 0 Å². The number of nitrogens with one attached hydrogen (secondary N) is 1. The highest BCUT2D eigenvalue weighted by Gasteiger charge is 2.25. The van der Waals surface area contributed by atoms with E-state index < -0.39 is 0 Å². The number of hydrogen-bond acceptors (Lipinski definition) is 3. The number of piperazine rings is 1. The average Bonchev–Trinajstić information content (AvgIpc) is 2.43. The summed E-state index contributed by atoms with van der Waals surface area (Å²) in [6.45, 7) is 3.84. The first kappa shape index (κ1) is 14.9. The summed E-state index contributed by atoms with van der Waals surface area (Å²) >= 11 is 3.46. The summed E-state index contributed by atoms with van der Waals surface area (Å²) in [4.78, 5) is 2.30. The van der Waals surface area contributed by atoms with Crippen LogP contribution in [0.4, 0.5) is 4.39 Å². The molecule has 0 bridgehead atoms. The van der Waals surface area contributed by atoms with Gasteiger partial charge in [-0.25, -0.2) is 4.39 Å². The number of rotatable bonds is 5. The van der Waals surface area contributed by atoms with E-state index in [0.717, 1.165) is 42.6 Å². The Hall–Kier alpha value is -0.490. The number of aliphatic hydroxyl groups excluding tert-OH is 1. The molecule has 1 aromatic rings. The Bertz CT molecular complexity index is 390. The van der Waals surface area contributed by atoms with Crippen LogP contribution in [0.25, 0.3) is 0 Å². The zero-order valence-electron chi connectivity index (χ0n) is 10.9. The standard InChI is InChI=1S/C14H20BrFN2O/c15-11-3-1-4-12(16)14(11)13(5-2-10-19)18-8-6-17-7-9-18/h1,3-4,13,17,19H,2,5-10H2/t13-/m0/s1. The third-order valence-corrected chi connectivity index (χ3v) is 4.25. The highest BCUT2D eigenvalue weighted by atomic mass is 79.9. The molecule has 1 fully saturated rings. The van der Waals surface area contributed by atoms with Crippen molar-refractivity contribution in [1.29, 1.82) is 0 Å². The first-order chi connectivity index (χ1) is 9.24. The van der Waals surface area contributed by atoms with Gasteiger partial charge in [-0.1, -0.05) is 22.0 Å². The lowest BCUT2D eigenvalue weighted by molar-refractivity contribution is 0.151. The van der Waals surface area contributed by atoms with Gasteiger partial charge in [-0.2, -0.15) is 0 Å². The zero-order valence-corrected chi connectivity index (χ0v) is 12.5. The molecule has 0 amide bonds. The fourth-order valence-corrected chi connectivity index (χ4v) is 3.22. The second-order valence-corrected chi connectivity index (χ2v) is 5.66. The van der Waals surface area contributed by atoms with Gasteiger partial charge in [-0.05, 0) is 25.0 Å². The van der Waals surface area contributed by atoms with E-state index in [2.05, 4.69) is 26.1 Å². The molecule has 1 saturated heterocycles. The smallest absolute Gasteiger partial charge is 0.129 e. The minimum Gasteiger partial charge on any atom is -0.396 e. The van der Waals surface area contributed by atoms with Crippen LogP contribution in [-0.2, 0) is 0 Å². The van der Waals surface area contributed by atoms with Gasteiger partial charge < -0.3 is 10.4 Å². The van der Waals surface area contributed by atoms with E-state index in [-0.39, 0.29) is 18.5 Å². The van der Waals surface area contributed by atoms with Crippen LogP contribution in [0, 0.1) is 5.82 Å². The number of aliphatic hydroxyl groups is 1. The van der Waals surface area contributed by atoms with Crippen LogP contribution < -0.4 is 5.32 Å². The summed E-state index contributed by atoms with van der Waals surface area (Å²) in [5.41, 5.74) is 0.720. The predicted octanol–water partition coefficient (Wildman–Crippen LogP) is 2.31. The fraction of sp³-hybridized carbons (Fsp3) is 0.571. The molecular weight excluding hydrogens is 311 g/mol. The largest absolute Gasteiger partial charge is 0.396 e. The molecular formula is C14H20BrFN2O. The van der Waals surface area contributed by atoms with E-state index in [0.29, 0.717) is 6.42 Å². The molecule has 106 valence electrons. The van der Waals surface area contributed by atoms with Gasteiger partial charge in [0.15, 0.2) is 0 Å². The molecule has 0 spiro atoms. The van der Waals surface area contributed by atoms with Crippen LogP contribution in [0.5, 0.6) is 0 Å². The normalized spacial score (nSPS) is 18.5. The zero-order chi connectivity index (χ0) is 13.7. The van der Waals surface area contributed by atoms with E-state index in [4.69, 9.17) is 5.11 Å². The maximum absolute atomic E-state index is 14.1. The van der Waals surface area contributed by atoms with Crippen LogP contribution >= 0.6 is 15.9 Å². The summed E-state index contributed by atoms with van der Waals surface area (Å²) in [5, 5.41) is 12.4. The highest BCUT2D eigenvalue weighted by molar-refractivity contribution is 9.10. The van der Waals surface area contributed by atoms with E-state index in [9.17, 15) is 4.39 Å². The quantitative estimate of drug-likeness (QED) is 0.869. The van der Waals surface area contributed by atoms with Gasteiger partial charge in [0.2, 0.25) is 0 Å². The van der Waals surface area contributed by atoms with E-state index in [1.165, 1.54) is 6.07 Å². The van der Waals surface area contributed by atoms with Crippen molar-refractivity contribution in [2.45, 2.75) is 18.9 Å². The lowest BCUT2D eigenvalue weighted by atomic mass is 9.99. The Labute approximate surface area is 121 Å². The second-order valence-electron chi connectivity index (χ2n) is 4.80. The van der Waals surface area contributed by atoms with Gasteiger partial charge in [0.25, 0.3) is 0 Å². The number of nitrogens with zero attached hydrogens (tertiary/aromatic N) is 1. The Morgan fingerprint density at radius 2 is 2.11 bits per heavy atom. The Kier molecular flexibility index (Phi) is 5.76. The molecule has 1 heterocycles. The Balaban J connectivity index is 2.25. The van der Waals surface area contributed by atoms with Gasteiger partial charge in [0, 0.05) is 48.9 Å². The third kappa shape index (κ3) is 3.75. The predicted molar refractivity (Wildman–Crippen MR) is 77.6 cm³/mol. The Morgan fingerprint density at radius 1 is 1.37 bits per heavy atom. The van der Waals surface area contributed by atoms with Crippen molar-refractivity contribution in [2.75, 3.05) is 32.8 Å². The number of benzene rings is 1. The van der Waals surface area contributed by atoms with Gasteiger partial charge >= 0.3 is 0 Å². The molecule has 0 aliphatic carbocycles. The monoisotopic (exact) mass is 330 g/mol. The van der Waals surface area contributed by atoms with Crippen molar-refractivity contribution in [3.63, 3.8) is 0 Å². The lowest BCUT2D eigenvalue weighted by Gasteiger charge is -2.35. The molecule has 0 radical (unpaired) electrons. The SMILES string of the molecule is OCCC[C@@H](c1c(F)cccc1Br)N1CCNCC1. The summed E-state index contributed by atoms with van der Waals surface area (Å²) in [6, 6.07) is 5.13. The van der Waals surface area contributed by atoms with Crippen LogP contribution in [0.1, 0.15) is 24.4 Å². The van der Waals surface area contributed by atoms with Gasteiger partial charge in [0.1, 0.15) is 5.82 Å². The second kappa shape index (κ2) is 7.33. The van der Waals surface area contributed by atoms with Crippen LogP contribution in [0.3, 0.4) is 0 Å². The van der Waals surface area contributed by atoms with E-state index in [1.807, 2.05) is 6.07 Å². The molecule has 1 aliphatic rings. The molecule has 0 aromatic heterocycles. The van der Waals surface area contributed by atoms with Crippen molar-refractivity contribution in [3.05, 3.63) is 34.1 Å². The maximum Gasteiger partial charge on any atom is 0.129 e. The van der Waals surface area contributed by atoms with Gasteiger partial charge in [-0.3, -0.25) is 4.90 Å². The van der Waals surface area contributed by atoms with Gasteiger partial charge in [0.05, 0.1) is 0 Å². The topological polar surface area (TPSA) is 35.5 Å². The molecule has 1 aliphatic heterocycles. The summed E-state index contributed by atoms with van der Waals surface area (Å²) in [5.74, 6) is -0.171. The first-order valence-corrected chi connectivity index (χ1v) is 7.53. The Morgan fingerprint density at radius 3 is 2.74 bits per heavy atom. The van der Waals surface area contributed by atoms with Crippen molar-refractivity contribution >= 4 is 15.9 Å². The minimum atomic E-state index is -0.171. The highest BCUT2D eigenvalue weighted by Crippen LogP contribution is 2.33. The van der Waals surface area contributed by atoms with Crippen LogP contribution in [-0.4, -0.2) is 42.8 Å². The number of halogens is 2. The molecule has 19 heavy (non-hydrogen) atoms. The van der Waals surface area contributed by atoms with E-state index in [1.54, 1.807) is 6.07 Å². The summed E-state index contributed by atoms with van der Waals surface area (Å²) in [7, 11) is 0. The van der Waals surface area contributed by atoms with Crippen LogP contribution in [0.15, 0.2) is 22.7 Å². The number of hydrogen-bond donors (Lipinski definition) is 2. The van der Waals surface area contributed by atoms with Gasteiger partial charge in [-0.15, -0.1) is 0 Å². The molecule has 2 rings (SSSR count). The maximum atomic E-state index is 14.1. The van der Waals surface area contributed by atoms with Crippen LogP contribution in [0.2, 0.25) is 0 Å². The molecule has 0 saturated carbocycles. The average molecular weight is 331 g/mol. The lowest BCUT2D eigenvalue weighted by Crippen LogP contribution is -2.45. The minimum absolute atomic E-state index is 0.0322. The molecule has 3 nitrogen and oxygen atoms in total. The molecule has 1 atom stereocenters. The summed E-state index contributed by atoms with van der Waals surface area (Å²) in [6.07, 6.45) is 1.46. The van der Waals surface area contributed by atoms with Crippen molar-refractivity contribution in [1.82, 2.24) is 10.2 Å². The first-order valence-electron chi connectivity index (χ1n) is 6.73. The fourth-order valence-electron chi connectivity index (χ4n) is 2.62. The summed E-state index contributed by atoms with van der Waals surface area (Å²) < 4.78 is 15.0. The molecule has 2 N–H and O–H groups in total. The molecule has 0 unspecified atom stereocenters. The molecule has 5 heteroatoms. The van der Waals surface area contributed by atoms with Crippen molar-refractivity contribution < 1.29 is 9.50 Å². The van der Waals surface area contributed by atoms with E-state index >= 15 is 0 Å². The van der Waals surface area contributed by atoms with Crippen molar-refractivity contribution in [3.8, 4) is 0 Å².